The highest BCUT2D eigenvalue weighted by atomic mass is 32.2. The van der Waals surface area contributed by atoms with Gasteiger partial charge in [0.25, 0.3) is 5.91 Å². The summed E-state index contributed by atoms with van der Waals surface area (Å²) in [5.41, 5.74) is 0.801. The fourth-order valence-electron chi connectivity index (χ4n) is 3.60. The molecule has 1 aromatic heterocycles. The number of nitrogens with zero attached hydrogens (tertiary/aromatic N) is 2. The zero-order valence-electron chi connectivity index (χ0n) is 17.2. The minimum absolute atomic E-state index is 0.0357. The molecule has 1 atom stereocenters. The topological polar surface area (TPSA) is 140 Å². The molecule has 4 rings (SSSR count). The predicted molar refractivity (Wildman–Crippen MR) is 123 cm³/mol. The zero-order chi connectivity index (χ0) is 23.1. The van der Waals surface area contributed by atoms with Crippen LogP contribution in [0.25, 0.3) is 10.2 Å². The average Bonchev–Trinajstić information content (AvgIpc) is 3.14. The average molecular weight is 495 g/mol. The van der Waals surface area contributed by atoms with Crippen LogP contribution in [0, 0.1) is 5.92 Å². The van der Waals surface area contributed by atoms with Gasteiger partial charge in [-0.3, -0.25) is 10.1 Å². The van der Waals surface area contributed by atoms with E-state index in [0.717, 1.165) is 24.2 Å². The van der Waals surface area contributed by atoms with E-state index < -0.39 is 26.0 Å². The van der Waals surface area contributed by atoms with E-state index in [1.54, 1.807) is 0 Å². The van der Waals surface area contributed by atoms with Crippen LogP contribution in [-0.2, 0) is 20.0 Å². The molecule has 0 saturated carbocycles. The normalized spacial score (nSPS) is 18.0. The second-order valence-corrected chi connectivity index (χ2v) is 12.3. The van der Waals surface area contributed by atoms with Crippen LogP contribution in [0.1, 0.15) is 30.1 Å². The van der Waals surface area contributed by atoms with Crippen molar-refractivity contribution in [3.8, 4) is 0 Å². The van der Waals surface area contributed by atoms with Crippen LogP contribution in [0.3, 0.4) is 0 Å². The van der Waals surface area contributed by atoms with Gasteiger partial charge < -0.3 is 0 Å². The van der Waals surface area contributed by atoms with E-state index in [2.05, 4.69) is 10.3 Å². The maximum atomic E-state index is 12.9. The van der Waals surface area contributed by atoms with Crippen molar-refractivity contribution in [3.63, 3.8) is 0 Å². The van der Waals surface area contributed by atoms with Gasteiger partial charge in [0.05, 0.1) is 20.0 Å². The van der Waals surface area contributed by atoms with Gasteiger partial charge in [-0.05, 0) is 61.2 Å². The van der Waals surface area contributed by atoms with Crippen molar-refractivity contribution in [2.24, 2.45) is 11.1 Å². The third-order valence-corrected chi connectivity index (χ3v) is 9.01. The summed E-state index contributed by atoms with van der Waals surface area (Å²) in [6.07, 6.45) is 1.85. The lowest BCUT2D eigenvalue weighted by Crippen LogP contribution is -2.39. The Morgan fingerprint density at radius 2 is 1.81 bits per heavy atom. The van der Waals surface area contributed by atoms with Crippen molar-refractivity contribution in [1.82, 2.24) is 9.29 Å². The van der Waals surface area contributed by atoms with E-state index in [-0.39, 0.29) is 20.5 Å². The van der Waals surface area contributed by atoms with Crippen LogP contribution in [0.2, 0.25) is 0 Å². The lowest BCUT2D eigenvalue weighted by atomic mass is 10.0. The number of rotatable bonds is 5. The van der Waals surface area contributed by atoms with E-state index in [4.69, 9.17) is 5.14 Å². The van der Waals surface area contributed by atoms with Crippen LogP contribution < -0.4 is 10.5 Å². The molecule has 1 aliphatic rings. The Bertz CT molecular complexity index is 1380. The lowest BCUT2D eigenvalue weighted by molar-refractivity contribution is 0.102. The molecule has 12 heteroatoms. The largest absolute Gasteiger partial charge is 0.298 e. The van der Waals surface area contributed by atoms with Crippen LogP contribution in [0.15, 0.2) is 52.3 Å². The fourth-order valence-corrected chi connectivity index (χ4v) is 6.71. The van der Waals surface area contributed by atoms with Crippen molar-refractivity contribution in [2.45, 2.75) is 29.6 Å². The first-order chi connectivity index (χ1) is 15.0. The second kappa shape index (κ2) is 8.52. The summed E-state index contributed by atoms with van der Waals surface area (Å²) < 4.78 is 50.8. The molecule has 9 nitrogen and oxygen atoms in total. The lowest BCUT2D eigenvalue weighted by Gasteiger charge is -2.30. The molecule has 170 valence electrons. The second-order valence-electron chi connectivity index (χ2n) is 7.78. The maximum Gasteiger partial charge on any atom is 0.257 e. The predicted octanol–water partition coefficient (Wildman–Crippen LogP) is 2.62. The van der Waals surface area contributed by atoms with Crippen molar-refractivity contribution in [1.29, 1.82) is 0 Å². The van der Waals surface area contributed by atoms with Gasteiger partial charge >= 0.3 is 0 Å². The van der Waals surface area contributed by atoms with Gasteiger partial charge in [-0.1, -0.05) is 18.3 Å². The summed E-state index contributed by atoms with van der Waals surface area (Å²) in [7, 11) is -7.44. The number of nitrogens with one attached hydrogen (secondary N) is 1. The van der Waals surface area contributed by atoms with Crippen molar-refractivity contribution in [2.75, 3.05) is 18.4 Å². The van der Waals surface area contributed by atoms with Gasteiger partial charge in [-0.2, -0.15) is 4.31 Å². The molecular weight excluding hydrogens is 472 g/mol. The summed E-state index contributed by atoms with van der Waals surface area (Å²) in [4.78, 5) is 17.0. The highest BCUT2D eigenvalue weighted by molar-refractivity contribution is 7.89. The van der Waals surface area contributed by atoms with E-state index in [1.165, 1.54) is 46.8 Å². The molecule has 2 aromatic carbocycles. The van der Waals surface area contributed by atoms with Crippen LogP contribution in [0.4, 0.5) is 5.13 Å². The van der Waals surface area contributed by atoms with Crippen molar-refractivity contribution < 1.29 is 21.6 Å². The van der Waals surface area contributed by atoms with E-state index in [9.17, 15) is 21.6 Å². The molecule has 0 radical (unpaired) electrons. The van der Waals surface area contributed by atoms with Gasteiger partial charge in [0.15, 0.2) is 5.13 Å². The van der Waals surface area contributed by atoms with Crippen LogP contribution >= 0.6 is 11.3 Å². The van der Waals surface area contributed by atoms with Crippen LogP contribution in [0.5, 0.6) is 0 Å². The number of nitrogens with two attached hydrogens (primary N) is 1. The van der Waals surface area contributed by atoms with E-state index in [1.807, 2.05) is 6.92 Å². The van der Waals surface area contributed by atoms with Crippen LogP contribution in [-0.4, -0.2) is 45.1 Å². The Balaban J connectivity index is 1.50. The monoisotopic (exact) mass is 494 g/mol. The molecule has 1 aliphatic heterocycles. The Labute approximate surface area is 190 Å². The molecule has 0 spiro atoms. The molecule has 0 aliphatic carbocycles. The number of aromatic nitrogens is 1. The van der Waals surface area contributed by atoms with Crippen molar-refractivity contribution in [3.05, 3.63) is 48.0 Å². The maximum absolute atomic E-state index is 12.9. The van der Waals surface area contributed by atoms with Gasteiger partial charge in [0.1, 0.15) is 0 Å². The molecule has 1 saturated heterocycles. The standard InChI is InChI=1S/C20H22N4O5S3/c1-13-3-2-10-24(12-13)32(28,29)15-6-4-14(5-7-15)19(25)23-20-22-17-9-8-16(31(21,26)27)11-18(17)30-20/h4-9,11,13H,2-3,10,12H2,1H3,(H2,21,26,27)(H,22,23,25)/t13-/m1/s1. The number of hydrogen-bond acceptors (Lipinski definition) is 7. The first-order valence-corrected chi connectivity index (χ1v) is 13.7. The van der Waals surface area contributed by atoms with Gasteiger partial charge in [0, 0.05) is 18.7 Å². The molecule has 0 unspecified atom stereocenters. The molecule has 32 heavy (non-hydrogen) atoms. The summed E-state index contributed by atoms with van der Waals surface area (Å²) in [6.45, 7) is 3.03. The highest BCUT2D eigenvalue weighted by Gasteiger charge is 2.28. The SMILES string of the molecule is C[C@@H]1CCCN(S(=O)(=O)c2ccc(C(=O)Nc3nc4ccc(S(N)(=O)=O)cc4s3)cc2)C1. The minimum Gasteiger partial charge on any atom is -0.298 e. The number of carbonyl (C=O) groups excluding carboxylic acids is 1. The minimum atomic E-state index is -3.84. The quantitative estimate of drug-likeness (QED) is 0.559. The summed E-state index contributed by atoms with van der Waals surface area (Å²) in [6, 6.07) is 10.1. The number of benzene rings is 2. The number of fused-ring (bicyclic) bond motifs is 1. The Kier molecular flexibility index (Phi) is 6.07. The van der Waals surface area contributed by atoms with E-state index >= 15 is 0 Å². The molecule has 1 amide bonds. The summed E-state index contributed by atoms with van der Waals surface area (Å²) in [5, 5.41) is 8.10. The zero-order valence-corrected chi connectivity index (χ0v) is 19.6. The fraction of sp³-hybridized carbons (Fsp3) is 0.300. The number of hydrogen-bond donors (Lipinski definition) is 2. The molecular formula is C20H22N4O5S3. The Hall–Kier alpha value is -2.38. The number of sulfonamides is 2. The smallest absolute Gasteiger partial charge is 0.257 e. The molecule has 0 bridgehead atoms. The number of thiazole rings is 1. The summed E-state index contributed by atoms with van der Waals surface area (Å²) >= 11 is 1.11. The Morgan fingerprint density at radius 1 is 1.12 bits per heavy atom. The number of amides is 1. The first kappa shape index (κ1) is 22.8. The van der Waals surface area contributed by atoms with E-state index in [0.29, 0.717) is 29.2 Å². The molecule has 3 N–H and O–H groups in total. The van der Waals surface area contributed by atoms with Crippen molar-refractivity contribution >= 4 is 52.6 Å². The molecule has 2 heterocycles. The number of piperidine rings is 1. The third kappa shape index (κ3) is 4.69. The molecule has 3 aromatic rings. The summed E-state index contributed by atoms with van der Waals surface area (Å²) in [5.74, 6) is -0.135. The van der Waals surface area contributed by atoms with Gasteiger partial charge in [-0.25, -0.2) is 27.0 Å². The number of carbonyl (C=O) groups is 1. The Morgan fingerprint density at radius 3 is 2.47 bits per heavy atom. The molecule has 1 fully saturated rings. The first-order valence-electron chi connectivity index (χ1n) is 9.89. The van der Waals surface area contributed by atoms with Gasteiger partial charge in [-0.15, -0.1) is 0 Å². The highest BCUT2D eigenvalue weighted by Crippen LogP contribution is 2.28. The van der Waals surface area contributed by atoms with Gasteiger partial charge in [0.2, 0.25) is 20.0 Å². The third-order valence-electron chi connectivity index (χ3n) is 5.28. The number of anilines is 1. The number of primary sulfonamides is 1.